The topological polar surface area (TPSA) is 44.1 Å². The van der Waals surface area contributed by atoms with Crippen LogP contribution in [0, 0.1) is 35.8 Å². The largest absolute Gasteiger partial charge is 0.342 e. The Kier molecular flexibility index (Phi) is 13.3. The van der Waals surface area contributed by atoms with Gasteiger partial charge in [0.05, 0.1) is 10.6 Å². The number of hydrogen-bond donors (Lipinski definition) is 0. The van der Waals surface area contributed by atoms with E-state index in [-0.39, 0.29) is 11.6 Å². The van der Waals surface area contributed by atoms with E-state index in [0.29, 0.717) is 28.5 Å². The van der Waals surface area contributed by atoms with Crippen molar-refractivity contribution in [3.63, 3.8) is 0 Å². The number of aryl methyl sites for hydroxylation is 2. The van der Waals surface area contributed by atoms with Gasteiger partial charge in [-0.15, -0.1) is 0 Å². The van der Waals surface area contributed by atoms with Gasteiger partial charge >= 0.3 is 0 Å². The molecule has 0 aromatic heterocycles. The maximum absolute atomic E-state index is 12.6. The lowest BCUT2D eigenvalue weighted by atomic mass is 10.1. The van der Waals surface area contributed by atoms with Crippen LogP contribution in [0.5, 0.6) is 0 Å². The van der Waals surface area contributed by atoms with Crippen LogP contribution in [0.15, 0.2) is 36.4 Å². The van der Waals surface area contributed by atoms with Gasteiger partial charge in [0.2, 0.25) is 5.91 Å². The van der Waals surface area contributed by atoms with Crippen LogP contribution in [0.25, 0.3) is 0 Å². The maximum Gasteiger partial charge on any atom is 0.222 e. The first-order valence-electron chi connectivity index (χ1n) is 11.6. The van der Waals surface area contributed by atoms with E-state index in [2.05, 4.69) is 13.8 Å². The van der Waals surface area contributed by atoms with E-state index in [1.165, 1.54) is 25.3 Å². The Labute approximate surface area is 202 Å². The highest BCUT2D eigenvalue weighted by atomic mass is 35.5. The Bertz CT molecular complexity index is 918. The summed E-state index contributed by atoms with van der Waals surface area (Å²) >= 11 is 5.71. The number of unbranched alkanes of at least 4 members (excludes halogenated alkanes) is 2. The monoisotopic (exact) mass is 476 g/mol. The summed E-state index contributed by atoms with van der Waals surface area (Å²) in [6.45, 7) is 10.1. The van der Waals surface area contributed by atoms with E-state index in [0.717, 1.165) is 49.5 Å². The molecule has 1 saturated heterocycles. The highest BCUT2D eigenvalue weighted by Crippen LogP contribution is 2.17. The molecule has 0 spiro atoms. The fourth-order valence-corrected chi connectivity index (χ4v) is 3.65. The van der Waals surface area contributed by atoms with Gasteiger partial charge in [-0.2, -0.15) is 5.26 Å². The number of carbonyl (C=O) groups excluding carboxylic acids is 1. The number of nitrogens with zero attached hydrogens (tertiary/aromatic N) is 2. The molecule has 0 radical (unpaired) electrons. The summed E-state index contributed by atoms with van der Waals surface area (Å²) in [4.78, 5) is 13.6. The lowest BCUT2D eigenvalue weighted by Crippen LogP contribution is -2.28. The van der Waals surface area contributed by atoms with Gasteiger partial charge in [0.25, 0.3) is 0 Å². The quantitative estimate of drug-likeness (QED) is 0.420. The lowest BCUT2D eigenvalue weighted by Gasteiger charge is -2.15. The van der Waals surface area contributed by atoms with Gasteiger partial charge in [-0.25, -0.2) is 8.78 Å². The molecule has 1 heterocycles. The van der Waals surface area contributed by atoms with Crippen molar-refractivity contribution in [2.45, 2.75) is 66.2 Å². The van der Waals surface area contributed by atoms with Crippen LogP contribution in [0.1, 0.15) is 69.6 Å². The van der Waals surface area contributed by atoms with Crippen molar-refractivity contribution in [2.75, 3.05) is 13.1 Å². The third kappa shape index (κ3) is 10.8. The minimum absolute atomic E-state index is 0.330. The summed E-state index contributed by atoms with van der Waals surface area (Å²) < 4.78 is 25.0. The van der Waals surface area contributed by atoms with Crippen LogP contribution in [0.3, 0.4) is 0 Å². The van der Waals surface area contributed by atoms with Gasteiger partial charge in [0.1, 0.15) is 17.7 Å². The number of nitriles is 1. The van der Waals surface area contributed by atoms with Gasteiger partial charge in [-0.05, 0) is 73.6 Å². The van der Waals surface area contributed by atoms with Crippen molar-refractivity contribution < 1.29 is 13.6 Å². The third-order valence-electron chi connectivity index (χ3n) is 5.40. The molecule has 180 valence electrons. The molecule has 33 heavy (non-hydrogen) atoms. The Morgan fingerprint density at radius 1 is 1.18 bits per heavy atom. The van der Waals surface area contributed by atoms with Gasteiger partial charge in [-0.3, -0.25) is 4.79 Å². The summed E-state index contributed by atoms with van der Waals surface area (Å²) in [6.07, 6.45) is 5.95. The van der Waals surface area contributed by atoms with Crippen LogP contribution < -0.4 is 0 Å². The number of likely N-dealkylation sites (tertiary alicyclic amines) is 1. The summed E-state index contributed by atoms with van der Waals surface area (Å²) in [5.74, 6) is 0.384. The average Bonchev–Trinajstić information content (AvgIpc) is 3.23. The number of hydrogen-bond acceptors (Lipinski definition) is 2. The zero-order chi connectivity index (χ0) is 24.8. The van der Waals surface area contributed by atoms with E-state index in [4.69, 9.17) is 16.9 Å². The molecule has 0 aliphatic carbocycles. The highest BCUT2D eigenvalue weighted by Gasteiger charge is 2.22. The van der Waals surface area contributed by atoms with Crippen molar-refractivity contribution in [3.8, 4) is 6.07 Å². The first kappa shape index (κ1) is 28.6. The average molecular weight is 477 g/mol. The minimum Gasteiger partial charge on any atom is -0.342 e. The van der Waals surface area contributed by atoms with Crippen LogP contribution in [0.2, 0.25) is 5.02 Å². The number of rotatable bonds is 5. The van der Waals surface area contributed by atoms with E-state index < -0.39 is 0 Å². The molecule has 0 saturated carbocycles. The number of carbonyl (C=O) groups is 1. The molecular weight excluding hydrogens is 442 g/mol. The molecule has 3 rings (SSSR count). The smallest absolute Gasteiger partial charge is 0.222 e. The molecular formula is C27H35ClF2N2O. The molecule has 0 N–H and O–H groups in total. The van der Waals surface area contributed by atoms with Crippen molar-refractivity contribution in [3.05, 3.63) is 69.7 Å². The fourth-order valence-electron chi connectivity index (χ4n) is 3.37. The molecule has 0 bridgehead atoms. The molecule has 2 aromatic rings. The predicted molar refractivity (Wildman–Crippen MR) is 131 cm³/mol. The van der Waals surface area contributed by atoms with E-state index in [1.54, 1.807) is 19.1 Å². The van der Waals surface area contributed by atoms with Gasteiger partial charge in [-0.1, -0.05) is 51.3 Å². The standard InChI is InChI=1S/C11H21NO.C8H6ClN.C8H8F2/c1-3-4-5-6-11(13)12-8-7-10(2)9-12;1-6-2-3-7(5-10)8(9)4-6;1-2-6-5-7(9)3-4-8(6)10/h10H,3-9H2,1-2H3;2-4H,1H3;3-5H,2H2,1H3. The number of amides is 1. The molecule has 1 unspecified atom stereocenters. The van der Waals surface area contributed by atoms with Gasteiger partial charge < -0.3 is 4.90 Å². The zero-order valence-electron chi connectivity index (χ0n) is 20.1. The third-order valence-corrected chi connectivity index (χ3v) is 5.72. The molecule has 1 atom stereocenters. The van der Waals surface area contributed by atoms with Crippen LogP contribution in [0.4, 0.5) is 8.78 Å². The second kappa shape index (κ2) is 15.4. The first-order chi connectivity index (χ1) is 15.7. The molecule has 1 aliphatic heterocycles. The zero-order valence-corrected chi connectivity index (χ0v) is 20.9. The molecule has 6 heteroatoms. The summed E-state index contributed by atoms with van der Waals surface area (Å²) in [7, 11) is 0. The summed E-state index contributed by atoms with van der Waals surface area (Å²) in [5.41, 5.74) is 2.04. The Morgan fingerprint density at radius 2 is 1.91 bits per heavy atom. The second-order valence-corrected chi connectivity index (χ2v) is 8.78. The predicted octanol–water partition coefficient (Wildman–Crippen LogP) is 7.48. The van der Waals surface area contributed by atoms with Crippen molar-refractivity contribution in [2.24, 2.45) is 5.92 Å². The molecule has 1 amide bonds. The van der Waals surface area contributed by atoms with Gasteiger partial charge in [0.15, 0.2) is 0 Å². The van der Waals surface area contributed by atoms with E-state index in [1.807, 2.05) is 24.0 Å². The van der Waals surface area contributed by atoms with Crippen LogP contribution in [-0.2, 0) is 11.2 Å². The SMILES string of the molecule is CCCCCC(=O)N1CCC(C)C1.CCc1cc(F)ccc1F.Cc1ccc(C#N)c(Cl)c1. The van der Waals surface area contributed by atoms with Crippen molar-refractivity contribution >= 4 is 17.5 Å². The van der Waals surface area contributed by atoms with Crippen LogP contribution in [-0.4, -0.2) is 23.9 Å². The highest BCUT2D eigenvalue weighted by molar-refractivity contribution is 6.31. The van der Waals surface area contributed by atoms with E-state index in [9.17, 15) is 13.6 Å². The Hall–Kier alpha value is -2.45. The van der Waals surface area contributed by atoms with Crippen LogP contribution >= 0.6 is 11.6 Å². The second-order valence-electron chi connectivity index (χ2n) is 8.38. The Balaban J connectivity index is 0.000000251. The number of halogens is 3. The first-order valence-corrected chi connectivity index (χ1v) is 12.0. The fraction of sp³-hybridized carbons (Fsp3) is 0.481. The van der Waals surface area contributed by atoms with Crippen molar-refractivity contribution in [1.29, 1.82) is 5.26 Å². The molecule has 1 fully saturated rings. The Morgan fingerprint density at radius 3 is 2.42 bits per heavy atom. The summed E-state index contributed by atoms with van der Waals surface area (Å²) in [6, 6.07) is 10.8. The number of benzene rings is 2. The molecule has 2 aromatic carbocycles. The van der Waals surface area contributed by atoms with E-state index >= 15 is 0 Å². The maximum atomic E-state index is 12.6. The summed E-state index contributed by atoms with van der Waals surface area (Å²) in [5, 5.41) is 9.00. The lowest BCUT2D eigenvalue weighted by molar-refractivity contribution is -0.130. The van der Waals surface area contributed by atoms with Crippen molar-refractivity contribution in [1.82, 2.24) is 4.90 Å². The molecule has 3 nitrogen and oxygen atoms in total. The molecule has 1 aliphatic rings. The minimum atomic E-state index is -0.377. The normalized spacial score (nSPS) is 14.5. The van der Waals surface area contributed by atoms with Gasteiger partial charge in [0, 0.05) is 19.5 Å².